The van der Waals surface area contributed by atoms with E-state index in [2.05, 4.69) is 9.47 Å². The number of ketones is 1. The van der Waals surface area contributed by atoms with E-state index in [4.69, 9.17) is 5.73 Å². The smallest absolute Gasteiger partial charge is 0.465 e. The Labute approximate surface area is 124 Å². The van der Waals surface area contributed by atoms with E-state index < -0.39 is 18.1 Å². The summed E-state index contributed by atoms with van der Waals surface area (Å²) < 4.78 is 44.3. The SMILES string of the molecule is COC(=O)/C(C(C)=O)=C(\N)Cc1ccc(OC(F)(F)F)cc1. The highest BCUT2D eigenvalue weighted by atomic mass is 19.4. The van der Waals surface area contributed by atoms with Crippen LogP contribution in [0, 0.1) is 0 Å². The number of methoxy groups -OCH3 is 1. The summed E-state index contributed by atoms with van der Waals surface area (Å²) in [5.41, 5.74) is 5.92. The third-order valence-corrected chi connectivity index (χ3v) is 2.61. The highest BCUT2D eigenvalue weighted by Gasteiger charge is 2.31. The molecule has 0 aliphatic rings. The Morgan fingerprint density at radius 3 is 2.14 bits per heavy atom. The standard InChI is InChI=1S/C14H14F3NO4/c1-8(19)12(13(20)21-2)11(18)7-9-3-5-10(6-4-9)22-14(15,16)17/h3-6H,7,18H2,1-2H3/b12-11-. The van der Waals surface area contributed by atoms with Crippen molar-refractivity contribution in [3.63, 3.8) is 0 Å². The summed E-state index contributed by atoms with van der Waals surface area (Å²) in [7, 11) is 1.11. The van der Waals surface area contributed by atoms with Crippen molar-refractivity contribution in [3.05, 3.63) is 41.1 Å². The van der Waals surface area contributed by atoms with E-state index in [0.717, 1.165) is 19.2 Å². The van der Waals surface area contributed by atoms with Crippen LogP contribution in [0.4, 0.5) is 13.2 Å². The molecule has 22 heavy (non-hydrogen) atoms. The van der Waals surface area contributed by atoms with E-state index in [9.17, 15) is 22.8 Å². The largest absolute Gasteiger partial charge is 0.573 e. The molecule has 0 atom stereocenters. The third kappa shape index (κ3) is 5.12. The molecule has 120 valence electrons. The van der Waals surface area contributed by atoms with E-state index in [1.165, 1.54) is 19.1 Å². The lowest BCUT2D eigenvalue weighted by atomic mass is 10.0. The zero-order valence-corrected chi connectivity index (χ0v) is 11.9. The van der Waals surface area contributed by atoms with Crippen LogP contribution in [0.1, 0.15) is 12.5 Å². The quantitative estimate of drug-likeness (QED) is 0.389. The second-order valence-electron chi connectivity index (χ2n) is 4.32. The number of carbonyl (C=O) groups excluding carboxylic acids is 2. The van der Waals surface area contributed by atoms with Gasteiger partial charge >= 0.3 is 12.3 Å². The number of nitrogens with two attached hydrogens (primary N) is 1. The topological polar surface area (TPSA) is 78.6 Å². The van der Waals surface area contributed by atoms with Crippen molar-refractivity contribution < 1.29 is 32.2 Å². The first-order valence-electron chi connectivity index (χ1n) is 6.06. The highest BCUT2D eigenvalue weighted by Crippen LogP contribution is 2.23. The Morgan fingerprint density at radius 1 is 1.18 bits per heavy atom. The lowest BCUT2D eigenvalue weighted by Gasteiger charge is -2.10. The molecule has 0 unspecified atom stereocenters. The molecular formula is C14H14F3NO4. The minimum atomic E-state index is -4.77. The van der Waals surface area contributed by atoms with Crippen LogP contribution < -0.4 is 10.5 Å². The molecule has 8 heteroatoms. The van der Waals surface area contributed by atoms with E-state index in [1.54, 1.807) is 0 Å². The van der Waals surface area contributed by atoms with Crippen molar-refractivity contribution in [1.82, 2.24) is 0 Å². The van der Waals surface area contributed by atoms with Gasteiger partial charge in [-0.3, -0.25) is 4.79 Å². The van der Waals surface area contributed by atoms with Gasteiger partial charge in [-0.2, -0.15) is 0 Å². The molecule has 0 spiro atoms. The maximum Gasteiger partial charge on any atom is 0.573 e. The van der Waals surface area contributed by atoms with Gasteiger partial charge in [0.05, 0.1) is 7.11 Å². The van der Waals surface area contributed by atoms with Crippen LogP contribution in [-0.4, -0.2) is 25.2 Å². The summed E-state index contributed by atoms with van der Waals surface area (Å²) in [5, 5.41) is 0. The molecule has 0 radical (unpaired) electrons. The van der Waals surface area contributed by atoms with Crippen LogP contribution in [0.2, 0.25) is 0 Å². The summed E-state index contributed by atoms with van der Waals surface area (Å²) >= 11 is 0. The van der Waals surface area contributed by atoms with Gasteiger partial charge in [0.2, 0.25) is 0 Å². The number of Topliss-reactive ketones (excluding diaryl/α,β-unsaturated/α-hetero) is 1. The average molecular weight is 317 g/mol. The molecule has 0 heterocycles. The predicted molar refractivity (Wildman–Crippen MR) is 70.7 cm³/mol. The van der Waals surface area contributed by atoms with Crippen LogP contribution in [0.25, 0.3) is 0 Å². The van der Waals surface area contributed by atoms with E-state index in [-0.39, 0.29) is 23.4 Å². The van der Waals surface area contributed by atoms with Crippen LogP contribution >= 0.6 is 0 Å². The van der Waals surface area contributed by atoms with Crippen molar-refractivity contribution >= 4 is 11.8 Å². The summed E-state index contributed by atoms with van der Waals surface area (Å²) in [4.78, 5) is 22.9. The molecule has 1 rings (SSSR count). The van der Waals surface area contributed by atoms with Gasteiger partial charge in [0.25, 0.3) is 0 Å². The number of alkyl halides is 3. The van der Waals surface area contributed by atoms with Gasteiger partial charge in [0, 0.05) is 12.1 Å². The molecule has 0 aliphatic carbocycles. The first kappa shape index (κ1) is 17.5. The number of halogens is 3. The fourth-order valence-corrected chi connectivity index (χ4v) is 1.72. The van der Waals surface area contributed by atoms with Gasteiger partial charge in [0.15, 0.2) is 5.78 Å². The Bertz CT molecular complexity index is 591. The first-order valence-corrected chi connectivity index (χ1v) is 6.06. The molecule has 0 bridgehead atoms. The minimum absolute atomic E-state index is 0.0102. The molecule has 0 amide bonds. The molecule has 5 nitrogen and oxygen atoms in total. The predicted octanol–water partition coefficient (Wildman–Crippen LogP) is 2.10. The zero-order chi connectivity index (χ0) is 16.9. The third-order valence-electron chi connectivity index (χ3n) is 2.61. The van der Waals surface area contributed by atoms with Crippen molar-refractivity contribution in [2.45, 2.75) is 19.7 Å². The number of hydrogen-bond donors (Lipinski definition) is 1. The van der Waals surface area contributed by atoms with Crippen molar-refractivity contribution in [2.24, 2.45) is 5.73 Å². The number of hydrogen-bond acceptors (Lipinski definition) is 5. The van der Waals surface area contributed by atoms with Crippen molar-refractivity contribution in [3.8, 4) is 5.75 Å². The number of allylic oxidation sites excluding steroid dienone is 1. The maximum atomic E-state index is 12.0. The number of benzene rings is 1. The Balaban J connectivity index is 2.94. The number of ether oxygens (including phenoxy) is 2. The number of rotatable bonds is 5. The first-order chi connectivity index (χ1) is 10.1. The summed E-state index contributed by atoms with van der Waals surface area (Å²) in [6, 6.07) is 4.93. The van der Waals surface area contributed by atoms with Crippen LogP contribution in [0.5, 0.6) is 5.75 Å². The molecule has 1 aromatic rings. The molecule has 0 saturated carbocycles. The van der Waals surface area contributed by atoms with Gasteiger partial charge in [-0.05, 0) is 24.6 Å². The summed E-state index contributed by atoms with van der Waals surface area (Å²) in [6.07, 6.45) is -4.76. The summed E-state index contributed by atoms with van der Waals surface area (Å²) in [5.74, 6) is -1.79. The van der Waals surface area contributed by atoms with E-state index >= 15 is 0 Å². The van der Waals surface area contributed by atoms with Crippen LogP contribution in [0.15, 0.2) is 35.5 Å². The summed E-state index contributed by atoms with van der Waals surface area (Å²) in [6.45, 7) is 1.17. The van der Waals surface area contributed by atoms with Gasteiger partial charge in [0.1, 0.15) is 11.3 Å². The second kappa shape index (κ2) is 6.97. The van der Waals surface area contributed by atoms with Crippen LogP contribution in [0.3, 0.4) is 0 Å². The highest BCUT2D eigenvalue weighted by molar-refractivity contribution is 6.16. The fourth-order valence-electron chi connectivity index (χ4n) is 1.72. The van der Waals surface area contributed by atoms with E-state index in [0.29, 0.717) is 5.56 Å². The fraction of sp³-hybridized carbons (Fsp3) is 0.286. The van der Waals surface area contributed by atoms with E-state index in [1.807, 2.05) is 0 Å². The zero-order valence-electron chi connectivity index (χ0n) is 11.9. The minimum Gasteiger partial charge on any atom is -0.465 e. The van der Waals surface area contributed by atoms with Gasteiger partial charge in [-0.1, -0.05) is 12.1 Å². The maximum absolute atomic E-state index is 12.0. The van der Waals surface area contributed by atoms with Gasteiger partial charge in [-0.25, -0.2) is 4.79 Å². The lowest BCUT2D eigenvalue weighted by molar-refractivity contribution is -0.274. The number of esters is 1. The Kier molecular flexibility index (Phi) is 5.56. The molecular weight excluding hydrogens is 303 g/mol. The van der Waals surface area contributed by atoms with Crippen molar-refractivity contribution in [2.75, 3.05) is 7.11 Å². The van der Waals surface area contributed by atoms with Gasteiger partial charge in [-0.15, -0.1) is 13.2 Å². The van der Waals surface area contributed by atoms with Crippen molar-refractivity contribution in [1.29, 1.82) is 0 Å². The number of carbonyl (C=O) groups is 2. The molecule has 1 aromatic carbocycles. The molecule has 0 fully saturated rings. The molecule has 0 saturated heterocycles. The van der Waals surface area contributed by atoms with Gasteiger partial charge < -0.3 is 15.2 Å². The average Bonchev–Trinajstić information content (AvgIpc) is 2.38. The molecule has 2 N–H and O–H groups in total. The van der Waals surface area contributed by atoms with Crippen LogP contribution in [-0.2, 0) is 20.7 Å². The normalized spacial score (nSPS) is 12.4. The molecule has 0 aliphatic heterocycles. The Hall–Kier alpha value is -2.51. The Morgan fingerprint density at radius 2 is 1.73 bits per heavy atom. The molecule has 0 aromatic heterocycles. The lowest BCUT2D eigenvalue weighted by Crippen LogP contribution is -2.19. The monoisotopic (exact) mass is 317 g/mol. The second-order valence-corrected chi connectivity index (χ2v) is 4.32.